The molecular weight excluding hydrogens is 532 g/mol. The van der Waals surface area contributed by atoms with Gasteiger partial charge in [0.1, 0.15) is 24.8 Å². The minimum Gasteiger partial charge on any atom is -0.386 e. The van der Waals surface area contributed by atoms with Crippen LogP contribution in [-0.2, 0) is 28.5 Å². The predicted molar refractivity (Wildman–Crippen MR) is 122 cm³/mol. The number of amides is 2. The second-order valence-corrected chi connectivity index (χ2v) is 9.10. The fourth-order valence-electron chi connectivity index (χ4n) is 4.84. The molecule has 3 heterocycles. The van der Waals surface area contributed by atoms with E-state index in [1.807, 2.05) is 0 Å². The van der Waals surface area contributed by atoms with E-state index < -0.39 is 65.0 Å². The highest BCUT2D eigenvalue weighted by Gasteiger charge is 2.54. The second-order valence-electron chi connectivity index (χ2n) is 9.10. The van der Waals surface area contributed by atoms with E-state index in [1.54, 1.807) is 30.3 Å². The number of carbonyl (C=O) groups excluding carboxylic acids is 2. The van der Waals surface area contributed by atoms with Crippen molar-refractivity contribution >= 4 is 11.8 Å². The molecule has 14 heteroatoms. The van der Waals surface area contributed by atoms with Crippen molar-refractivity contribution in [3.05, 3.63) is 95.6 Å². The van der Waals surface area contributed by atoms with Gasteiger partial charge in [-0.15, -0.1) is 10.2 Å². The number of rotatable bonds is 5. The van der Waals surface area contributed by atoms with Gasteiger partial charge < -0.3 is 5.11 Å². The monoisotopic (exact) mass is 551 g/mol. The van der Waals surface area contributed by atoms with Crippen molar-refractivity contribution in [2.24, 2.45) is 5.92 Å². The Morgan fingerprint density at radius 1 is 0.846 bits per heavy atom. The zero-order valence-corrected chi connectivity index (χ0v) is 19.7. The fraction of sp³-hybridized carbons (Fsp3) is 0.280. The molecule has 0 spiro atoms. The van der Waals surface area contributed by atoms with Crippen LogP contribution in [0.25, 0.3) is 0 Å². The lowest BCUT2D eigenvalue weighted by Crippen LogP contribution is -2.58. The van der Waals surface area contributed by atoms with Crippen LogP contribution in [0, 0.1) is 5.92 Å². The number of benzene rings is 2. The summed E-state index contributed by atoms with van der Waals surface area (Å²) >= 11 is 0. The highest BCUT2D eigenvalue weighted by Crippen LogP contribution is 2.40. The average Bonchev–Trinajstić information content (AvgIpc) is 3.51. The number of hydrogen-bond acceptors (Lipinski definition) is 6. The van der Waals surface area contributed by atoms with E-state index >= 15 is 0 Å². The standard InChI is InChI=1S/C25H19F6N5O3/c26-24(27,28)16-8-15(9-17(10-16)25(29,30)31)21(37)19-7-6-18-20(36(19)34-12-32-33-13-34)23(39)35(22(18)38)11-14-4-2-1-3-5-14/h1-10,12-13,18-21,37H,11H2. The first kappa shape index (κ1) is 26.4. The molecule has 2 aromatic carbocycles. The second kappa shape index (κ2) is 9.52. The van der Waals surface area contributed by atoms with E-state index in [0.717, 1.165) is 17.6 Å². The minimum absolute atomic E-state index is 0.0405. The Morgan fingerprint density at radius 3 is 2.00 bits per heavy atom. The molecule has 0 saturated carbocycles. The van der Waals surface area contributed by atoms with Crippen molar-refractivity contribution in [3.63, 3.8) is 0 Å². The molecule has 0 aliphatic carbocycles. The Morgan fingerprint density at radius 2 is 1.44 bits per heavy atom. The first-order chi connectivity index (χ1) is 18.4. The largest absolute Gasteiger partial charge is 0.416 e. The van der Waals surface area contributed by atoms with Crippen molar-refractivity contribution in [3.8, 4) is 0 Å². The number of fused-ring (bicyclic) bond motifs is 1. The van der Waals surface area contributed by atoms with Gasteiger partial charge in [0, 0.05) is 0 Å². The Bertz CT molecular complexity index is 1380. The number of nitrogens with zero attached hydrogens (tertiary/aromatic N) is 5. The van der Waals surface area contributed by atoms with Gasteiger partial charge in [-0.3, -0.25) is 19.5 Å². The molecule has 1 fully saturated rings. The van der Waals surface area contributed by atoms with Crippen LogP contribution in [0.4, 0.5) is 26.3 Å². The van der Waals surface area contributed by atoms with Crippen molar-refractivity contribution < 1.29 is 41.0 Å². The van der Waals surface area contributed by atoms with Crippen LogP contribution in [0.2, 0.25) is 0 Å². The van der Waals surface area contributed by atoms with Crippen molar-refractivity contribution in [1.29, 1.82) is 0 Å². The van der Waals surface area contributed by atoms with Gasteiger partial charge in [-0.05, 0) is 29.3 Å². The predicted octanol–water partition coefficient (Wildman–Crippen LogP) is 3.48. The quantitative estimate of drug-likeness (QED) is 0.297. The van der Waals surface area contributed by atoms with E-state index in [0.29, 0.717) is 17.7 Å². The van der Waals surface area contributed by atoms with Gasteiger partial charge in [0.05, 0.1) is 29.6 Å². The van der Waals surface area contributed by atoms with E-state index in [-0.39, 0.29) is 12.6 Å². The van der Waals surface area contributed by atoms with E-state index in [1.165, 1.54) is 21.8 Å². The molecule has 2 aliphatic rings. The number of aromatic nitrogens is 3. The highest BCUT2D eigenvalue weighted by atomic mass is 19.4. The van der Waals surface area contributed by atoms with Crippen molar-refractivity contribution in [1.82, 2.24) is 19.8 Å². The summed E-state index contributed by atoms with van der Waals surface area (Å²) in [4.78, 5) is 27.8. The average molecular weight is 551 g/mol. The number of hydrogen-bond donors (Lipinski definition) is 1. The third-order valence-corrected chi connectivity index (χ3v) is 6.65. The number of imide groups is 1. The molecule has 8 nitrogen and oxygen atoms in total. The smallest absolute Gasteiger partial charge is 0.386 e. The third kappa shape index (κ3) is 4.87. The lowest BCUT2D eigenvalue weighted by molar-refractivity contribution is -0.143. The molecule has 2 amide bonds. The Kier molecular flexibility index (Phi) is 6.45. The maximum Gasteiger partial charge on any atom is 0.416 e. The number of likely N-dealkylation sites (tertiary alicyclic amines) is 1. The zero-order valence-electron chi connectivity index (χ0n) is 19.7. The van der Waals surface area contributed by atoms with Crippen LogP contribution in [0.15, 0.2) is 73.3 Å². The van der Waals surface area contributed by atoms with Gasteiger partial charge in [0.2, 0.25) is 5.91 Å². The summed E-state index contributed by atoms with van der Waals surface area (Å²) in [7, 11) is 0. The molecule has 0 radical (unpaired) electrons. The zero-order chi connectivity index (χ0) is 28.1. The normalized spacial score (nSPS) is 22.4. The first-order valence-corrected chi connectivity index (χ1v) is 11.5. The summed E-state index contributed by atoms with van der Waals surface area (Å²) in [5.74, 6) is -2.24. The highest BCUT2D eigenvalue weighted by molar-refractivity contribution is 6.09. The summed E-state index contributed by atoms with van der Waals surface area (Å²) in [6.07, 6.45) is -7.33. The molecule has 5 rings (SSSR count). The topological polar surface area (TPSA) is 91.6 Å². The molecule has 204 valence electrons. The third-order valence-electron chi connectivity index (χ3n) is 6.65. The molecule has 1 saturated heterocycles. The molecule has 3 aromatic rings. The van der Waals surface area contributed by atoms with Crippen LogP contribution in [0.5, 0.6) is 0 Å². The maximum absolute atomic E-state index is 13.5. The van der Waals surface area contributed by atoms with Crippen LogP contribution in [-0.4, -0.2) is 48.8 Å². The van der Waals surface area contributed by atoms with Gasteiger partial charge in [-0.1, -0.05) is 42.5 Å². The summed E-state index contributed by atoms with van der Waals surface area (Å²) in [6.45, 7) is -0.0504. The Hall–Kier alpha value is -4.20. The molecule has 0 bridgehead atoms. The van der Waals surface area contributed by atoms with E-state index in [9.17, 15) is 41.0 Å². The fourth-order valence-corrected chi connectivity index (χ4v) is 4.84. The summed E-state index contributed by atoms with van der Waals surface area (Å²) in [5.41, 5.74) is -3.21. The molecule has 1 aromatic heterocycles. The van der Waals surface area contributed by atoms with Gasteiger partial charge in [-0.2, -0.15) is 26.3 Å². The Balaban J connectivity index is 1.55. The van der Waals surface area contributed by atoms with Crippen molar-refractivity contribution in [2.45, 2.75) is 37.1 Å². The summed E-state index contributed by atoms with van der Waals surface area (Å²) < 4.78 is 81.9. The van der Waals surface area contributed by atoms with Crippen LogP contribution >= 0.6 is 0 Å². The van der Waals surface area contributed by atoms with Gasteiger partial charge >= 0.3 is 12.4 Å². The number of alkyl halides is 6. The lowest BCUT2D eigenvalue weighted by atomic mass is 9.89. The molecule has 4 unspecified atom stereocenters. The SMILES string of the molecule is O=C1C2C=CC(C(O)c3cc(C(F)(F)F)cc(C(F)(F)F)c3)N(n3cnnc3)C2C(=O)N1Cc1ccccc1. The van der Waals surface area contributed by atoms with E-state index in [2.05, 4.69) is 10.2 Å². The lowest BCUT2D eigenvalue weighted by Gasteiger charge is -2.41. The molecule has 2 aliphatic heterocycles. The first-order valence-electron chi connectivity index (χ1n) is 11.5. The molecule has 4 atom stereocenters. The number of carbonyl (C=O) groups is 2. The van der Waals surface area contributed by atoms with Crippen molar-refractivity contribution in [2.75, 3.05) is 5.01 Å². The molecule has 1 N–H and O–H groups in total. The van der Waals surface area contributed by atoms with Crippen LogP contribution in [0.1, 0.15) is 28.4 Å². The number of aliphatic hydroxyl groups is 1. The number of aliphatic hydroxyl groups excluding tert-OH is 1. The summed E-state index contributed by atoms with van der Waals surface area (Å²) in [6, 6.07) is 6.83. The maximum atomic E-state index is 13.5. The Labute approximate surface area is 216 Å². The van der Waals surface area contributed by atoms with E-state index in [4.69, 9.17) is 0 Å². The van der Waals surface area contributed by atoms with Crippen LogP contribution in [0.3, 0.4) is 0 Å². The summed E-state index contributed by atoms with van der Waals surface area (Å²) in [5, 5.41) is 19.7. The minimum atomic E-state index is -5.12. The van der Waals surface area contributed by atoms with Gasteiger partial charge in [0.25, 0.3) is 5.91 Å². The van der Waals surface area contributed by atoms with Crippen LogP contribution < -0.4 is 5.01 Å². The molecule has 39 heavy (non-hydrogen) atoms. The van der Waals surface area contributed by atoms with Gasteiger partial charge in [-0.25, -0.2) is 4.68 Å². The molecular formula is C25H19F6N5O3. The van der Waals surface area contributed by atoms with Gasteiger partial charge in [0.15, 0.2) is 0 Å². The number of halogens is 6.